The first-order valence-corrected chi connectivity index (χ1v) is 12.2. The Bertz CT molecular complexity index is 1040. The first kappa shape index (κ1) is 23.3. The molecule has 6 nitrogen and oxygen atoms in total. The van der Waals surface area contributed by atoms with Gasteiger partial charge in [-0.2, -0.15) is 4.31 Å². The van der Waals surface area contributed by atoms with E-state index in [1.807, 2.05) is 58.9 Å². The van der Waals surface area contributed by atoms with Crippen molar-refractivity contribution in [2.24, 2.45) is 5.92 Å². The van der Waals surface area contributed by atoms with Crippen LogP contribution in [-0.4, -0.2) is 38.3 Å². The van der Waals surface area contributed by atoms with Gasteiger partial charge in [-0.15, -0.1) is 0 Å². The Morgan fingerprint density at radius 3 is 2.26 bits per heavy atom. The summed E-state index contributed by atoms with van der Waals surface area (Å²) >= 11 is 0. The number of rotatable bonds is 6. The lowest BCUT2D eigenvalue weighted by Crippen LogP contribution is -2.41. The predicted octanol–water partition coefficient (Wildman–Crippen LogP) is 4.36. The van der Waals surface area contributed by atoms with Crippen LogP contribution in [0.4, 0.5) is 5.69 Å². The van der Waals surface area contributed by atoms with Crippen molar-refractivity contribution >= 4 is 21.6 Å². The molecule has 2 aromatic carbocycles. The standard InChI is InChI=1S/C24H32N2O4S/c1-6-30-22-9-7-8-21(15-22)25-24(27)20-10-12-26(13-11-20)31(28,29)23-18(4)16(2)14-17(3)19(23)5/h7-9,14-15,20H,6,10-13H2,1-5H3,(H,25,27). The first-order chi connectivity index (χ1) is 14.6. The summed E-state index contributed by atoms with van der Waals surface area (Å²) in [6, 6.07) is 9.34. The van der Waals surface area contributed by atoms with Crippen molar-refractivity contribution < 1.29 is 17.9 Å². The molecule has 1 saturated heterocycles. The Morgan fingerprint density at radius 1 is 1.06 bits per heavy atom. The molecule has 2 aromatic rings. The molecular weight excluding hydrogens is 412 g/mol. The van der Waals surface area contributed by atoms with E-state index >= 15 is 0 Å². The van der Waals surface area contributed by atoms with Crippen LogP contribution in [-0.2, 0) is 14.8 Å². The number of anilines is 1. The molecule has 0 unspecified atom stereocenters. The summed E-state index contributed by atoms with van der Waals surface area (Å²) in [6.07, 6.45) is 0.998. The lowest BCUT2D eigenvalue weighted by molar-refractivity contribution is -0.120. The van der Waals surface area contributed by atoms with Gasteiger partial charge < -0.3 is 10.1 Å². The number of ether oxygens (including phenoxy) is 1. The highest BCUT2D eigenvalue weighted by Gasteiger charge is 2.34. The average Bonchev–Trinajstić information content (AvgIpc) is 2.73. The summed E-state index contributed by atoms with van der Waals surface area (Å²) in [6.45, 7) is 10.8. The van der Waals surface area contributed by atoms with Crippen molar-refractivity contribution in [3.63, 3.8) is 0 Å². The highest BCUT2D eigenvalue weighted by molar-refractivity contribution is 7.89. The summed E-state index contributed by atoms with van der Waals surface area (Å²) in [5.74, 6) is 0.411. The van der Waals surface area contributed by atoms with Crippen LogP contribution in [0.25, 0.3) is 0 Å². The monoisotopic (exact) mass is 444 g/mol. The van der Waals surface area contributed by atoms with E-state index in [2.05, 4.69) is 5.32 Å². The van der Waals surface area contributed by atoms with Crippen molar-refractivity contribution in [1.29, 1.82) is 0 Å². The third-order valence-electron chi connectivity index (χ3n) is 6.13. The Hall–Kier alpha value is -2.38. The van der Waals surface area contributed by atoms with Gasteiger partial charge in [-0.25, -0.2) is 8.42 Å². The van der Waals surface area contributed by atoms with Crippen LogP contribution in [0.3, 0.4) is 0 Å². The van der Waals surface area contributed by atoms with Crippen LogP contribution in [0.2, 0.25) is 0 Å². The minimum atomic E-state index is -3.60. The second-order valence-corrected chi connectivity index (χ2v) is 10.1. The molecule has 0 aromatic heterocycles. The van der Waals surface area contributed by atoms with E-state index < -0.39 is 10.0 Å². The highest BCUT2D eigenvalue weighted by Crippen LogP contribution is 2.31. The minimum absolute atomic E-state index is 0.0792. The molecule has 1 aliphatic rings. The van der Waals surface area contributed by atoms with Gasteiger partial charge in [-0.1, -0.05) is 12.1 Å². The zero-order valence-electron chi connectivity index (χ0n) is 19.0. The Morgan fingerprint density at radius 2 is 1.68 bits per heavy atom. The molecule has 1 heterocycles. The Balaban J connectivity index is 1.69. The predicted molar refractivity (Wildman–Crippen MR) is 123 cm³/mol. The van der Waals surface area contributed by atoms with Gasteiger partial charge in [0.2, 0.25) is 15.9 Å². The maximum atomic E-state index is 13.4. The molecular formula is C24H32N2O4S. The number of benzene rings is 2. The second kappa shape index (κ2) is 9.40. The number of amides is 1. The molecule has 3 rings (SSSR count). The van der Waals surface area contributed by atoms with Gasteiger partial charge in [0.1, 0.15) is 5.75 Å². The summed E-state index contributed by atoms with van der Waals surface area (Å²) in [7, 11) is -3.60. The molecule has 31 heavy (non-hydrogen) atoms. The van der Waals surface area contributed by atoms with Crippen LogP contribution in [0.15, 0.2) is 35.2 Å². The molecule has 0 saturated carbocycles. The number of piperidine rings is 1. The van der Waals surface area contributed by atoms with Crippen LogP contribution in [0.1, 0.15) is 42.0 Å². The number of sulfonamides is 1. The van der Waals surface area contributed by atoms with Crippen molar-refractivity contribution in [3.8, 4) is 5.75 Å². The van der Waals surface area contributed by atoms with Gasteiger partial charge in [-0.3, -0.25) is 4.79 Å². The first-order valence-electron chi connectivity index (χ1n) is 10.8. The second-order valence-electron chi connectivity index (χ2n) is 8.22. The summed E-state index contributed by atoms with van der Waals surface area (Å²) < 4.78 is 33.8. The number of carbonyl (C=O) groups is 1. The molecule has 0 atom stereocenters. The third kappa shape index (κ3) is 4.93. The van der Waals surface area contributed by atoms with E-state index in [9.17, 15) is 13.2 Å². The SMILES string of the molecule is CCOc1cccc(NC(=O)C2CCN(S(=O)(=O)c3c(C)c(C)cc(C)c3C)CC2)c1. The summed E-state index contributed by atoms with van der Waals surface area (Å²) in [5, 5.41) is 2.94. The van der Waals surface area contributed by atoms with Crippen molar-refractivity contribution in [1.82, 2.24) is 4.31 Å². The molecule has 0 spiro atoms. The lowest BCUT2D eigenvalue weighted by Gasteiger charge is -2.31. The molecule has 0 aliphatic carbocycles. The third-order valence-corrected chi connectivity index (χ3v) is 8.31. The maximum absolute atomic E-state index is 13.4. The van der Waals surface area contributed by atoms with E-state index in [4.69, 9.17) is 4.74 Å². The molecule has 0 radical (unpaired) electrons. The van der Waals surface area contributed by atoms with Crippen molar-refractivity contribution in [2.45, 2.75) is 52.4 Å². The van der Waals surface area contributed by atoms with Gasteiger partial charge >= 0.3 is 0 Å². The quantitative estimate of drug-likeness (QED) is 0.718. The van der Waals surface area contributed by atoms with Gasteiger partial charge in [-0.05, 0) is 81.8 Å². The van der Waals surface area contributed by atoms with Gasteiger partial charge in [0.05, 0.1) is 11.5 Å². The zero-order chi connectivity index (χ0) is 22.8. The van der Waals surface area contributed by atoms with E-state index in [0.29, 0.717) is 48.9 Å². The topological polar surface area (TPSA) is 75.7 Å². The highest BCUT2D eigenvalue weighted by atomic mass is 32.2. The molecule has 1 N–H and O–H groups in total. The van der Waals surface area contributed by atoms with E-state index in [1.165, 1.54) is 4.31 Å². The number of hydrogen-bond acceptors (Lipinski definition) is 4. The normalized spacial score (nSPS) is 15.6. The van der Waals surface area contributed by atoms with Gasteiger partial charge in [0.15, 0.2) is 0 Å². The minimum Gasteiger partial charge on any atom is -0.494 e. The van der Waals surface area contributed by atoms with E-state index in [1.54, 1.807) is 6.07 Å². The molecule has 1 aliphatic heterocycles. The smallest absolute Gasteiger partial charge is 0.243 e. The van der Waals surface area contributed by atoms with Crippen molar-refractivity contribution in [2.75, 3.05) is 25.0 Å². The average molecular weight is 445 g/mol. The Labute approximate surface area is 185 Å². The molecule has 1 amide bonds. The van der Waals surface area contributed by atoms with Crippen LogP contribution in [0.5, 0.6) is 5.75 Å². The molecule has 1 fully saturated rings. The molecule has 168 valence electrons. The maximum Gasteiger partial charge on any atom is 0.243 e. The van der Waals surface area contributed by atoms with Crippen molar-refractivity contribution in [3.05, 3.63) is 52.6 Å². The fourth-order valence-electron chi connectivity index (χ4n) is 4.13. The fourth-order valence-corrected chi connectivity index (χ4v) is 6.18. The number of nitrogens with zero attached hydrogens (tertiary/aromatic N) is 1. The number of aryl methyl sites for hydroxylation is 2. The molecule has 0 bridgehead atoms. The molecule has 7 heteroatoms. The van der Waals surface area contributed by atoms with Gasteiger partial charge in [0.25, 0.3) is 0 Å². The number of hydrogen-bond donors (Lipinski definition) is 1. The van der Waals surface area contributed by atoms with Gasteiger partial charge in [0, 0.05) is 30.8 Å². The largest absolute Gasteiger partial charge is 0.494 e. The number of nitrogens with one attached hydrogen (secondary N) is 1. The summed E-state index contributed by atoms with van der Waals surface area (Å²) in [4.78, 5) is 13.2. The lowest BCUT2D eigenvalue weighted by atomic mass is 9.97. The Kier molecular flexibility index (Phi) is 7.06. The fraction of sp³-hybridized carbons (Fsp3) is 0.458. The van der Waals surface area contributed by atoms with Crippen LogP contribution >= 0.6 is 0 Å². The zero-order valence-corrected chi connectivity index (χ0v) is 19.8. The number of carbonyl (C=O) groups excluding carboxylic acids is 1. The summed E-state index contributed by atoms with van der Waals surface area (Å²) in [5.41, 5.74) is 4.25. The van der Waals surface area contributed by atoms with Crippen LogP contribution < -0.4 is 10.1 Å². The van der Waals surface area contributed by atoms with E-state index in [-0.39, 0.29) is 11.8 Å². The van der Waals surface area contributed by atoms with Crippen LogP contribution in [0, 0.1) is 33.6 Å². The van der Waals surface area contributed by atoms with E-state index in [0.717, 1.165) is 22.3 Å².